The minimum absolute atomic E-state index is 0.290. The second kappa shape index (κ2) is 4.61. The van der Waals surface area contributed by atoms with Crippen LogP contribution in [0.15, 0.2) is 24.0 Å². The third kappa shape index (κ3) is 3.72. The van der Waals surface area contributed by atoms with Crippen molar-refractivity contribution in [2.45, 2.75) is 13.3 Å². The molecule has 0 aliphatic carbocycles. The van der Waals surface area contributed by atoms with Crippen LogP contribution in [0, 0.1) is 0 Å². The maximum Gasteiger partial charge on any atom is 0.330 e. The fourth-order valence-corrected chi connectivity index (χ4v) is 0.393. The van der Waals surface area contributed by atoms with Gasteiger partial charge in [-0.3, -0.25) is 0 Å². The lowest BCUT2D eigenvalue weighted by Gasteiger charge is -1.88. The van der Waals surface area contributed by atoms with Crippen LogP contribution in [0.1, 0.15) is 13.3 Å². The zero-order chi connectivity index (χ0) is 7.98. The molecule has 56 valence electrons. The molecule has 0 unspecified atom stereocenters. The molecule has 0 radical (unpaired) electrons. The summed E-state index contributed by atoms with van der Waals surface area (Å²) in [5.41, 5.74) is 0.290. The number of carboxylic acid groups (broad SMARTS) is 1. The summed E-state index contributed by atoms with van der Waals surface area (Å²) in [6.45, 7) is 1.51. The molecule has 0 rings (SSSR count). The van der Waals surface area contributed by atoms with Gasteiger partial charge in [-0.2, -0.15) is 0 Å². The van der Waals surface area contributed by atoms with Crippen molar-refractivity contribution in [2.75, 3.05) is 0 Å². The average molecular weight is 142 g/mol. The quantitative estimate of drug-likeness (QED) is 0.463. The molecule has 0 spiro atoms. The number of carbonyl (C=O) groups is 1. The van der Waals surface area contributed by atoms with Gasteiger partial charge in [0.2, 0.25) is 0 Å². The molecule has 0 amide bonds. The molecule has 0 saturated heterocycles. The Bertz CT molecular complexity index is 168. The fourth-order valence-electron chi connectivity index (χ4n) is 0.393. The molecule has 10 heavy (non-hydrogen) atoms. The summed E-state index contributed by atoms with van der Waals surface area (Å²) in [5.74, 6) is -0.925. The Labute approximate surface area is 59.3 Å². The molecular weight excluding hydrogens is 132 g/mol. The molecule has 0 aliphatic heterocycles. The normalized spacial score (nSPS) is 12.3. The summed E-state index contributed by atoms with van der Waals surface area (Å²) in [6.07, 6.45) is 4.34. The Hall–Kier alpha value is -1.25. The van der Waals surface area contributed by atoms with Crippen molar-refractivity contribution in [3.63, 3.8) is 0 Å². The molecule has 0 aliphatic rings. The van der Waals surface area contributed by atoms with Crippen LogP contribution in [0.3, 0.4) is 0 Å². The number of hydrogen-bond donors (Lipinski definition) is 2. The van der Waals surface area contributed by atoms with E-state index in [1.807, 2.05) is 0 Å². The SMILES string of the molecule is CC(=CCC=CO)C(=O)O. The first-order chi connectivity index (χ1) is 4.68. The van der Waals surface area contributed by atoms with Crippen molar-refractivity contribution >= 4 is 5.97 Å². The number of aliphatic hydroxyl groups excluding tert-OH is 1. The molecule has 2 N–H and O–H groups in total. The maximum absolute atomic E-state index is 10.1. The van der Waals surface area contributed by atoms with Crippen LogP contribution in [-0.2, 0) is 4.79 Å². The first-order valence-electron chi connectivity index (χ1n) is 2.87. The van der Waals surface area contributed by atoms with E-state index >= 15 is 0 Å². The van der Waals surface area contributed by atoms with Gasteiger partial charge in [-0.25, -0.2) is 4.79 Å². The second-order valence-electron chi connectivity index (χ2n) is 1.81. The van der Waals surface area contributed by atoms with Gasteiger partial charge in [-0.1, -0.05) is 6.08 Å². The maximum atomic E-state index is 10.1. The molecule has 0 saturated carbocycles. The smallest absolute Gasteiger partial charge is 0.330 e. The highest BCUT2D eigenvalue weighted by atomic mass is 16.4. The number of hydrogen-bond acceptors (Lipinski definition) is 2. The largest absolute Gasteiger partial charge is 0.516 e. The van der Waals surface area contributed by atoms with Gasteiger partial charge in [0.15, 0.2) is 0 Å². The van der Waals surface area contributed by atoms with E-state index in [0.717, 1.165) is 6.26 Å². The summed E-state index contributed by atoms with van der Waals surface area (Å²) >= 11 is 0. The molecule has 0 aromatic rings. The van der Waals surface area contributed by atoms with Crippen molar-refractivity contribution in [2.24, 2.45) is 0 Å². The number of aliphatic hydroxyl groups is 1. The van der Waals surface area contributed by atoms with E-state index < -0.39 is 5.97 Å². The fraction of sp³-hybridized carbons (Fsp3) is 0.286. The van der Waals surface area contributed by atoms with E-state index in [2.05, 4.69) is 0 Å². The summed E-state index contributed by atoms with van der Waals surface area (Å²) < 4.78 is 0. The van der Waals surface area contributed by atoms with E-state index in [9.17, 15) is 4.79 Å². The molecule has 0 aromatic carbocycles. The minimum atomic E-state index is -0.925. The molecule has 0 atom stereocenters. The Morgan fingerprint density at radius 3 is 2.60 bits per heavy atom. The summed E-state index contributed by atoms with van der Waals surface area (Å²) in [7, 11) is 0. The van der Waals surface area contributed by atoms with Crippen molar-refractivity contribution in [1.29, 1.82) is 0 Å². The first-order valence-corrected chi connectivity index (χ1v) is 2.87. The summed E-state index contributed by atoms with van der Waals surface area (Å²) in [6, 6.07) is 0. The van der Waals surface area contributed by atoms with Crippen molar-refractivity contribution in [1.82, 2.24) is 0 Å². The third-order valence-electron chi connectivity index (χ3n) is 1.00. The predicted molar refractivity (Wildman–Crippen MR) is 37.8 cm³/mol. The monoisotopic (exact) mass is 142 g/mol. The van der Waals surface area contributed by atoms with Crippen LogP contribution in [0.4, 0.5) is 0 Å². The Kier molecular flexibility index (Phi) is 4.04. The highest BCUT2D eigenvalue weighted by Gasteiger charge is 1.95. The highest BCUT2D eigenvalue weighted by Crippen LogP contribution is 1.95. The summed E-state index contributed by atoms with van der Waals surface area (Å²) in [4.78, 5) is 10.1. The molecular formula is C7H10O3. The van der Waals surface area contributed by atoms with Gasteiger partial charge in [-0.15, -0.1) is 0 Å². The van der Waals surface area contributed by atoms with E-state index in [1.165, 1.54) is 19.1 Å². The molecule has 0 heterocycles. The average Bonchev–Trinajstić information content (AvgIpc) is 1.88. The van der Waals surface area contributed by atoms with Gasteiger partial charge < -0.3 is 10.2 Å². The van der Waals surface area contributed by atoms with Crippen molar-refractivity contribution < 1.29 is 15.0 Å². The Morgan fingerprint density at radius 1 is 1.60 bits per heavy atom. The lowest BCUT2D eigenvalue weighted by atomic mass is 10.2. The Morgan fingerprint density at radius 2 is 2.20 bits per heavy atom. The van der Waals surface area contributed by atoms with Gasteiger partial charge in [0.25, 0.3) is 0 Å². The molecule has 0 aromatic heterocycles. The van der Waals surface area contributed by atoms with Crippen LogP contribution in [0.2, 0.25) is 0 Å². The van der Waals surface area contributed by atoms with Crippen molar-refractivity contribution in [3.05, 3.63) is 24.0 Å². The topological polar surface area (TPSA) is 57.5 Å². The van der Waals surface area contributed by atoms with Gasteiger partial charge in [0, 0.05) is 5.57 Å². The van der Waals surface area contributed by atoms with Crippen LogP contribution in [-0.4, -0.2) is 16.2 Å². The van der Waals surface area contributed by atoms with E-state index in [1.54, 1.807) is 0 Å². The van der Waals surface area contributed by atoms with Gasteiger partial charge >= 0.3 is 5.97 Å². The minimum Gasteiger partial charge on any atom is -0.516 e. The third-order valence-corrected chi connectivity index (χ3v) is 1.00. The van der Waals surface area contributed by atoms with E-state index in [-0.39, 0.29) is 5.57 Å². The van der Waals surface area contributed by atoms with Crippen LogP contribution in [0.25, 0.3) is 0 Å². The first kappa shape index (κ1) is 8.75. The summed E-state index contributed by atoms with van der Waals surface area (Å²) in [5, 5.41) is 16.5. The molecule has 3 nitrogen and oxygen atoms in total. The second-order valence-corrected chi connectivity index (χ2v) is 1.81. The zero-order valence-electron chi connectivity index (χ0n) is 5.74. The van der Waals surface area contributed by atoms with Gasteiger partial charge in [0.05, 0.1) is 6.26 Å². The lowest BCUT2D eigenvalue weighted by Crippen LogP contribution is -1.94. The predicted octanol–water partition coefficient (Wildman–Crippen LogP) is 1.48. The number of carboxylic acids is 1. The van der Waals surface area contributed by atoms with Gasteiger partial charge in [-0.05, 0) is 19.4 Å². The van der Waals surface area contributed by atoms with E-state index in [4.69, 9.17) is 10.2 Å². The lowest BCUT2D eigenvalue weighted by molar-refractivity contribution is -0.132. The molecule has 0 fully saturated rings. The van der Waals surface area contributed by atoms with E-state index in [0.29, 0.717) is 6.42 Å². The number of rotatable bonds is 3. The van der Waals surface area contributed by atoms with Crippen LogP contribution >= 0.6 is 0 Å². The Balaban J connectivity index is 3.80. The standard InChI is InChI=1S/C7H10O3/c1-6(7(9)10)4-2-3-5-8/h3-5,8H,2H2,1H3,(H,9,10). The highest BCUT2D eigenvalue weighted by molar-refractivity contribution is 5.85. The zero-order valence-corrected chi connectivity index (χ0v) is 5.74. The molecule has 3 heteroatoms. The number of aliphatic carboxylic acids is 1. The number of allylic oxidation sites excluding steroid dienone is 2. The van der Waals surface area contributed by atoms with Crippen LogP contribution in [0.5, 0.6) is 0 Å². The molecule has 0 bridgehead atoms. The van der Waals surface area contributed by atoms with Crippen LogP contribution < -0.4 is 0 Å². The van der Waals surface area contributed by atoms with Crippen molar-refractivity contribution in [3.8, 4) is 0 Å². The van der Waals surface area contributed by atoms with Gasteiger partial charge in [0.1, 0.15) is 0 Å².